The van der Waals surface area contributed by atoms with Crippen molar-refractivity contribution >= 4 is 21.9 Å². The normalized spacial score (nSPS) is 11.4. The van der Waals surface area contributed by atoms with Crippen molar-refractivity contribution in [3.8, 4) is 0 Å². The standard InChI is InChI=1S/C19H24BrFN4/c1-14-13-23-10-7-15(14)8-11-25-19(22-2)24-9-3-4-16-5-6-17(20)12-18(16)21/h5-7,10,12-13H,3-4,8-9,11H2,1-2H3,(H2,22,24,25). The second-order valence-electron chi connectivity index (χ2n) is 5.82. The van der Waals surface area contributed by atoms with E-state index in [1.54, 1.807) is 7.05 Å². The molecule has 0 aliphatic rings. The molecule has 2 N–H and O–H groups in total. The summed E-state index contributed by atoms with van der Waals surface area (Å²) in [4.78, 5) is 8.32. The second-order valence-corrected chi connectivity index (χ2v) is 6.73. The van der Waals surface area contributed by atoms with Crippen LogP contribution >= 0.6 is 15.9 Å². The Balaban J connectivity index is 1.69. The SMILES string of the molecule is CN=C(NCCCc1ccc(Br)cc1F)NCCc1ccncc1C. The summed E-state index contributed by atoms with van der Waals surface area (Å²) in [6.45, 7) is 3.60. The van der Waals surface area contributed by atoms with Crippen LogP contribution in [-0.2, 0) is 12.8 Å². The van der Waals surface area contributed by atoms with Crippen LogP contribution in [0.3, 0.4) is 0 Å². The van der Waals surface area contributed by atoms with Gasteiger partial charge < -0.3 is 10.6 Å². The van der Waals surface area contributed by atoms with Crippen molar-refractivity contribution in [3.63, 3.8) is 0 Å². The van der Waals surface area contributed by atoms with E-state index in [0.717, 1.165) is 41.9 Å². The Hall–Kier alpha value is -1.95. The predicted octanol–water partition coefficient (Wildman–Crippen LogP) is 3.63. The number of benzene rings is 1. The number of pyridine rings is 1. The number of halogens is 2. The molecule has 4 nitrogen and oxygen atoms in total. The molecule has 6 heteroatoms. The zero-order chi connectivity index (χ0) is 18.1. The van der Waals surface area contributed by atoms with Crippen molar-refractivity contribution < 1.29 is 4.39 Å². The molecule has 2 rings (SSSR count). The Kier molecular flexibility index (Phi) is 7.85. The highest BCUT2D eigenvalue weighted by molar-refractivity contribution is 9.10. The summed E-state index contributed by atoms with van der Waals surface area (Å²) in [6, 6.07) is 7.24. The van der Waals surface area contributed by atoms with E-state index in [9.17, 15) is 4.39 Å². The molecule has 0 radical (unpaired) electrons. The molecule has 25 heavy (non-hydrogen) atoms. The molecule has 0 aliphatic heterocycles. The zero-order valence-corrected chi connectivity index (χ0v) is 16.2. The lowest BCUT2D eigenvalue weighted by Crippen LogP contribution is -2.38. The molecule has 0 saturated heterocycles. The molecule has 2 aromatic rings. The minimum Gasteiger partial charge on any atom is -0.356 e. The van der Waals surface area contributed by atoms with Crippen molar-refractivity contribution in [2.24, 2.45) is 4.99 Å². The number of nitrogens with one attached hydrogen (secondary N) is 2. The number of aliphatic imine (C=N–C) groups is 1. The van der Waals surface area contributed by atoms with E-state index >= 15 is 0 Å². The molecule has 0 saturated carbocycles. The number of aromatic nitrogens is 1. The average Bonchev–Trinajstić information content (AvgIpc) is 2.60. The lowest BCUT2D eigenvalue weighted by molar-refractivity contribution is 0.602. The number of rotatable bonds is 7. The van der Waals surface area contributed by atoms with Gasteiger partial charge in [-0.05, 0) is 61.1 Å². The minimum atomic E-state index is -0.162. The Morgan fingerprint density at radius 1 is 1.16 bits per heavy atom. The van der Waals surface area contributed by atoms with Gasteiger partial charge in [-0.25, -0.2) is 4.39 Å². The fourth-order valence-electron chi connectivity index (χ4n) is 2.53. The van der Waals surface area contributed by atoms with Crippen molar-refractivity contribution in [3.05, 3.63) is 63.6 Å². The molecule has 0 atom stereocenters. The van der Waals surface area contributed by atoms with Crippen LogP contribution in [0.15, 0.2) is 46.1 Å². The summed E-state index contributed by atoms with van der Waals surface area (Å²) in [7, 11) is 1.75. The van der Waals surface area contributed by atoms with Crippen LogP contribution in [0.25, 0.3) is 0 Å². The highest BCUT2D eigenvalue weighted by Gasteiger charge is 2.03. The lowest BCUT2D eigenvalue weighted by atomic mass is 10.1. The Morgan fingerprint density at radius 2 is 1.96 bits per heavy atom. The fraction of sp³-hybridized carbons (Fsp3) is 0.368. The summed E-state index contributed by atoms with van der Waals surface area (Å²) in [5, 5.41) is 6.57. The van der Waals surface area contributed by atoms with E-state index in [1.807, 2.05) is 30.6 Å². The van der Waals surface area contributed by atoms with E-state index in [4.69, 9.17) is 0 Å². The quantitative estimate of drug-likeness (QED) is 0.419. The van der Waals surface area contributed by atoms with Gasteiger partial charge in [-0.2, -0.15) is 0 Å². The van der Waals surface area contributed by atoms with Crippen LogP contribution in [-0.4, -0.2) is 31.1 Å². The summed E-state index contributed by atoms with van der Waals surface area (Å²) in [6.07, 6.45) is 6.14. The third kappa shape index (κ3) is 6.46. The molecule has 0 spiro atoms. The van der Waals surface area contributed by atoms with E-state index in [1.165, 1.54) is 17.2 Å². The van der Waals surface area contributed by atoms with Crippen molar-refractivity contribution in [1.29, 1.82) is 0 Å². The van der Waals surface area contributed by atoms with Gasteiger partial charge in [0.2, 0.25) is 0 Å². The van der Waals surface area contributed by atoms with Crippen molar-refractivity contribution in [2.45, 2.75) is 26.2 Å². The Morgan fingerprint density at radius 3 is 2.68 bits per heavy atom. The topological polar surface area (TPSA) is 49.3 Å². The van der Waals surface area contributed by atoms with E-state index < -0.39 is 0 Å². The fourth-order valence-corrected chi connectivity index (χ4v) is 2.86. The molecule has 0 aliphatic carbocycles. The molecular weight excluding hydrogens is 383 g/mol. The van der Waals surface area contributed by atoms with Gasteiger partial charge in [0.25, 0.3) is 0 Å². The summed E-state index contributed by atoms with van der Waals surface area (Å²) >= 11 is 3.27. The molecule has 1 aromatic carbocycles. The van der Waals surface area contributed by atoms with Gasteiger partial charge in [-0.15, -0.1) is 0 Å². The van der Waals surface area contributed by atoms with Crippen LogP contribution in [0, 0.1) is 12.7 Å². The highest BCUT2D eigenvalue weighted by atomic mass is 79.9. The van der Waals surface area contributed by atoms with E-state index in [-0.39, 0.29) is 5.82 Å². The first-order valence-electron chi connectivity index (χ1n) is 8.38. The highest BCUT2D eigenvalue weighted by Crippen LogP contribution is 2.16. The maximum atomic E-state index is 13.8. The number of hydrogen-bond donors (Lipinski definition) is 2. The molecule has 0 unspecified atom stereocenters. The number of guanidine groups is 1. The molecule has 0 bridgehead atoms. The molecular formula is C19H24BrFN4. The molecule has 134 valence electrons. The van der Waals surface area contributed by atoms with Crippen LogP contribution in [0.1, 0.15) is 23.1 Å². The average molecular weight is 407 g/mol. The minimum absolute atomic E-state index is 0.162. The molecule has 0 fully saturated rings. The van der Waals surface area contributed by atoms with Gasteiger partial charge in [0, 0.05) is 37.0 Å². The predicted molar refractivity (Wildman–Crippen MR) is 104 cm³/mol. The second kappa shape index (κ2) is 10.1. The molecule has 1 heterocycles. The number of hydrogen-bond acceptors (Lipinski definition) is 2. The number of aryl methyl sites for hydroxylation is 2. The zero-order valence-electron chi connectivity index (χ0n) is 14.6. The van der Waals surface area contributed by atoms with Gasteiger partial charge >= 0.3 is 0 Å². The van der Waals surface area contributed by atoms with Crippen LogP contribution in [0.5, 0.6) is 0 Å². The Labute approximate surface area is 157 Å². The van der Waals surface area contributed by atoms with E-state index in [2.05, 4.69) is 43.5 Å². The lowest BCUT2D eigenvalue weighted by Gasteiger charge is -2.12. The Bertz CT molecular complexity index is 718. The molecule has 0 amide bonds. The van der Waals surface area contributed by atoms with E-state index in [0.29, 0.717) is 6.42 Å². The maximum absolute atomic E-state index is 13.8. The van der Waals surface area contributed by atoms with Gasteiger partial charge in [0.1, 0.15) is 5.82 Å². The first-order valence-corrected chi connectivity index (χ1v) is 9.17. The van der Waals surface area contributed by atoms with Crippen LogP contribution in [0.4, 0.5) is 4.39 Å². The maximum Gasteiger partial charge on any atom is 0.190 e. The summed E-state index contributed by atoms with van der Waals surface area (Å²) in [5.74, 6) is 0.604. The monoisotopic (exact) mass is 406 g/mol. The van der Waals surface area contributed by atoms with Gasteiger partial charge in [0.15, 0.2) is 5.96 Å². The van der Waals surface area contributed by atoms with Crippen LogP contribution < -0.4 is 10.6 Å². The largest absolute Gasteiger partial charge is 0.356 e. The van der Waals surface area contributed by atoms with Gasteiger partial charge in [0.05, 0.1) is 0 Å². The third-order valence-electron chi connectivity index (χ3n) is 3.98. The third-order valence-corrected chi connectivity index (χ3v) is 4.47. The first kappa shape index (κ1) is 19.4. The smallest absolute Gasteiger partial charge is 0.190 e. The van der Waals surface area contributed by atoms with Crippen LogP contribution in [0.2, 0.25) is 0 Å². The van der Waals surface area contributed by atoms with Crippen molar-refractivity contribution in [1.82, 2.24) is 15.6 Å². The molecule has 1 aromatic heterocycles. The first-order chi connectivity index (χ1) is 12.1. The van der Waals surface area contributed by atoms with Crippen molar-refractivity contribution in [2.75, 3.05) is 20.1 Å². The van der Waals surface area contributed by atoms with Gasteiger partial charge in [-0.1, -0.05) is 22.0 Å². The summed E-state index contributed by atoms with van der Waals surface area (Å²) in [5.41, 5.74) is 3.22. The van der Waals surface area contributed by atoms with Gasteiger partial charge in [-0.3, -0.25) is 9.98 Å². The number of nitrogens with zero attached hydrogens (tertiary/aromatic N) is 2. The summed E-state index contributed by atoms with van der Waals surface area (Å²) < 4.78 is 14.5.